The predicted molar refractivity (Wildman–Crippen MR) is 85.2 cm³/mol. The molecule has 3 nitrogen and oxygen atoms in total. The Bertz CT molecular complexity index is 436. The van der Waals surface area contributed by atoms with Crippen LogP contribution in [0.15, 0.2) is 24.3 Å². The van der Waals surface area contributed by atoms with Gasteiger partial charge in [0.05, 0.1) is 0 Å². The maximum absolute atomic E-state index is 13.4. The number of halogens is 2. The summed E-state index contributed by atoms with van der Waals surface area (Å²) in [6.07, 6.45) is 4.44. The van der Waals surface area contributed by atoms with E-state index in [1.165, 1.54) is 18.9 Å². The number of benzene rings is 1. The summed E-state index contributed by atoms with van der Waals surface area (Å²) in [7, 11) is 0. The fraction of sp³-hybridized carbons (Fsp3) is 0.562. The van der Waals surface area contributed by atoms with E-state index >= 15 is 0 Å². The van der Waals surface area contributed by atoms with Crippen LogP contribution >= 0.6 is 12.4 Å². The molecule has 1 amide bonds. The minimum atomic E-state index is -0.198. The zero-order valence-corrected chi connectivity index (χ0v) is 13.1. The lowest BCUT2D eigenvalue weighted by atomic mass is 9.93. The molecule has 5 heteroatoms. The zero-order chi connectivity index (χ0) is 14.2. The standard InChI is InChI=1S/C16H23FN2O.ClH/c17-15-4-2-1-3-14(15)9-12-19-16(20)6-5-13-7-10-18-11-8-13;/h1-4,13,18H,5-12H2,(H,19,20);1H. The fourth-order valence-corrected chi connectivity index (χ4v) is 2.63. The van der Waals surface area contributed by atoms with Crippen LogP contribution in [0.1, 0.15) is 31.2 Å². The maximum atomic E-state index is 13.4. The van der Waals surface area contributed by atoms with E-state index in [4.69, 9.17) is 0 Å². The Kier molecular flexibility index (Phi) is 8.31. The molecule has 2 rings (SSSR count). The largest absolute Gasteiger partial charge is 0.356 e. The topological polar surface area (TPSA) is 41.1 Å². The van der Waals surface area contributed by atoms with Gasteiger partial charge in [0.25, 0.3) is 0 Å². The number of piperidine rings is 1. The molecule has 2 N–H and O–H groups in total. The molecule has 1 heterocycles. The van der Waals surface area contributed by atoms with Gasteiger partial charge in [0.2, 0.25) is 5.91 Å². The minimum absolute atomic E-state index is 0. The smallest absolute Gasteiger partial charge is 0.220 e. The van der Waals surface area contributed by atoms with Gasteiger partial charge < -0.3 is 10.6 Å². The highest BCUT2D eigenvalue weighted by Gasteiger charge is 2.14. The van der Waals surface area contributed by atoms with Crippen molar-refractivity contribution in [3.63, 3.8) is 0 Å². The van der Waals surface area contributed by atoms with Crippen LogP contribution in [0.5, 0.6) is 0 Å². The molecule has 1 aliphatic rings. The lowest BCUT2D eigenvalue weighted by molar-refractivity contribution is -0.121. The van der Waals surface area contributed by atoms with Crippen molar-refractivity contribution in [1.82, 2.24) is 10.6 Å². The third kappa shape index (κ3) is 6.44. The van der Waals surface area contributed by atoms with Crippen LogP contribution < -0.4 is 10.6 Å². The van der Waals surface area contributed by atoms with Gasteiger partial charge in [0, 0.05) is 13.0 Å². The van der Waals surface area contributed by atoms with Crippen LogP contribution in [0, 0.1) is 11.7 Å². The number of rotatable bonds is 6. The lowest BCUT2D eigenvalue weighted by Gasteiger charge is -2.22. The number of carbonyl (C=O) groups is 1. The average Bonchev–Trinajstić information content (AvgIpc) is 2.48. The third-order valence-electron chi connectivity index (χ3n) is 3.91. The molecule has 0 spiro atoms. The maximum Gasteiger partial charge on any atom is 0.220 e. The molecule has 0 unspecified atom stereocenters. The molecule has 0 atom stereocenters. The van der Waals surface area contributed by atoms with Gasteiger partial charge in [0.15, 0.2) is 0 Å². The van der Waals surface area contributed by atoms with Crippen molar-refractivity contribution in [2.24, 2.45) is 5.92 Å². The number of hydrogen-bond donors (Lipinski definition) is 2. The molecule has 0 saturated carbocycles. The Hall–Kier alpha value is -1.13. The van der Waals surface area contributed by atoms with Crippen LogP contribution in [0.4, 0.5) is 4.39 Å². The van der Waals surface area contributed by atoms with E-state index in [0.717, 1.165) is 19.5 Å². The molecule has 0 aliphatic carbocycles. The van der Waals surface area contributed by atoms with Crippen LogP contribution in [-0.2, 0) is 11.2 Å². The van der Waals surface area contributed by atoms with Crippen molar-refractivity contribution in [2.45, 2.75) is 32.1 Å². The quantitative estimate of drug-likeness (QED) is 0.847. The summed E-state index contributed by atoms with van der Waals surface area (Å²) >= 11 is 0. The number of amides is 1. The molecule has 1 aromatic rings. The Labute approximate surface area is 132 Å². The molecule has 0 aromatic heterocycles. The van der Waals surface area contributed by atoms with E-state index in [9.17, 15) is 9.18 Å². The molecular formula is C16H24ClFN2O. The van der Waals surface area contributed by atoms with Gasteiger partial charge in [0.1, 0.15) is 5.82 Å². The van der Waals surface area contributed by atoms with Crippen LogP contribution in [0.3, 0.4) is 0 Å². The van der Waals surface area contributed by atoms with Crippen molar-refractivity contribution in [2.75, 3.05) is 19.6 Å². The number of hydrogen-bond acceptors (Lipinski definition) is 2. The van der Waals surface area contributed by atoms with Crippen molar-refractivity contribution in [3.8, 4) is 0 Å². The molecule has 118 valence electrons. The van der Waals surface area contributed by atoms with Crippen molar-refractivity contribution >= 4 is 18.3 Å². The minimum Gasteiger partial charge on any atom is -0.356 e. The Morgan fingerprint density at radius 2 is 2.00 bits per heavy atom. The summed E-state index contributed by atoms with van der Waals surface area (Å²) in [5, 5.41) is 6.20. The van der Waals surface area contributed by atoms with Gasteiger partial charge in [-0.05, 0) is 56.3 Å². The Morgan fingerprint density at radius 3 is 2.71 bits per heavy atom. The second kappa shape index (κ2) is 9.74. The molecule has 1 fully saturated rings. The highest BCUT2D eigenvalue weighted by atomic mass is 35.5. The molecule has 1 aromatic carbocycles. The van der Waals surface area contributed by atoms with Crippen molar-refractivity contribution in [1.29, 1.82) is 0 Å². The number of carbonyl (C=O) groups excluding carboxylic acids is 1. The predicted octanol–water partition coefficient (Wildman–Crippen LogP) is 2.69. The summed E-state index contributed by atoms with van der Waals surface area (Å²) in [4.78, 5) is 11.7. The highest BCUT2D eigenvalue weighted by Crippen LogP contribution is 2.17. The zero-order valence-electron chi connectivity index (χ0n) is 12.2. The second-order valence-electron chi connectivity index (χ2n) is 5.42. The summed E-state index contributed by atoms with van der Waals surface area (Å²) in [5.74, 6) is 0.560. The van der Waals surface area contributed by atoms with Gasteiger partial charge >= 0.3 is 0 Å². The molecular weight excluding hydrogens is 291 g/mol. The van der Waals surface area contributed by atoms with E-state index in [1.54, 1.807) is 12.1 Å². The Morgan fingerprint density at radius 1 is 1.29 bits per heavy atom. The number of nitrogens with one attached hydrogen (secondary N) is 2. The molecule has 21 heavy (non-hydrogen) atoms. The summed E-state index contributed by atoms with van der Waals surface area (Å²) < 4.78 is 13.4. The van der Waals surface area contributed by atoms with E-state index in [1.807, 2.05) is 6.07 Å². The van der Waals surface area contributed by atoms with Gasteiger partial charge in [-0.3, -0.25) is 4.79 Å². The molecule has 0 bridgehead atoms. The summed E-state index contributed by atoms with van der Waals surface area (Å²) in [6, 6.07) is 6.71. The molecule has 0 radical (unpaired) electrons. The average molecular weight is 315 g/mol. The highest BCUT2D eigenvalue weighted by molar-refractivity contribution is 5.85. The normalized spacial score (nSPS) is 15.3. The van der Waals surface area contributed by atoms with Gasteiger partial charge in [-0.25, -0.2) is 4.39 Å². The first-order valence-corrected chi connectivity index (χ1v) is 7.46. The van der Waals surface area contributed by atoms with E-state index in [0.29, 0.717) is 30.9 Å². The van der Waals surface area contributed by atoms with Gasteiger partial charge in [-0.2, -0.15) is 0 Å². The first-order valence-electron chi connectivity index (χ1n) is 7.46. The molecule has 1 saturated heterocycles. The lowest BCUT2D eigenvalue weighted by Crippen LogP contribution is -2.30. The summed E-state index contributed by atoms with van der Waals surface area (Å²) in [6.45, 7) is 2.64. The van der Waals surface area contributed by atoms with Crippen LogP contribution in [0.2, 0.25) is 0 Å². The van der Waals surface area contributed by atoms with Gasteiger partial charge in [-0.1, -0.05) is 18.2 Å². The first-order chi connectivity index (χ1) is 9.75. The fourth-order valence-electron chi connectivity index (χ4n) is 2.63. The molecule has 1 aliphatic heterocycles. The van der Waals surface area contributed by atoms with Crippen molar-refractivity contribution < 1.29 is 9.18 Å². The van der Waals surface area contributed by atoms with Crippen LogP contribution in [0.25, 0.3) is 0 Å². The monoisotopic (exact) mass is 314 g/mol. The summed E-state index contributed by atoms with van der Waals surface area (Å²) in [5.41, 5.74) is 0.658. The van der Waals surface area contributed by atoms with Crippen molar-refractivity contribution in [3.05, 3.63) is 35.6 Å². The van der Waals surface area contributed by atoms with E-state index in [2.05, 4.69) is 10.6 Å². The van der Waals surface area contributed by atoms with E-state index in [-0.39, 0.29) is 24.1 Å². The Balaban J connectivity index is 0.00000220. The van der Waals surface area contributed by atoms with Crippen LogP contribution in [-0.4, -0.2) is 25.5 Å². The second-order valence-corrected chi connectivity index (χ2v) is 5.42. The van der Waals surface area contributed by atoms with E-state index < -0.39 is 0 Å². The van der Waals surface area contributed by atoms with Gasteiger partial charge in [-0.15, -0.1) is 12.4 Å². The SMILES string of the molecule is Cl.O=C(CCC1CCNCC1)NCCc1ccccc1F. The third-order valence-corrected chi connectivity index (χ3v) is 3.91. The first kappa shape index (κ1) is 17.9.